The molecule has 0 saturated carbocycles. The molecule has 8 nitrogen and oxygen atoms in total. The molecule has 1 aromatic rings. The number of anilines is 1. The Labute approximate surface area is 156 Å². The molecular weight excluding hydrogens is 358 g/mol. The predicted molar refractivity (Wildman–Crippen MR) is 100 cm³/mol. The molecule has 0 saturated heterocycles. The highest BCUT2D eigenvalue weighted by Crippen LogP contribution is 2.11. The van der Waals surface area contributed by atoms with Crippen molar-refractivity contribution in [3.63, 3.8) is 0 Å². The van der Waals surface area contributed by atoms with Crippen molar-refractivity contribution in [3.05, 3.63) is 29.8 Å². The first kappa shape index (κ1) is 21.5. The van der Waals surface area contributed by atoms with Crippen LogP contribution in [-0.4, -0.2) is 47.8 Å². The highest BCUT2D eigenvalue weighted by atomic mass is 32.2. The third-order valence-corrected chi connectivity index (χ3v) is 4.08. The third-order valence-electron chi connectivity index (χ3n) is 3.43. The molecule has 4 N–H and O–H groups in total. The summed E-state index contributed by atoms with van der Waals surface area (Å²) < 4.78 is 5.12. The maximum atomic E-state index is 12.2. The number of nitrogens with one attached hydrogen (secondary N) is 2. The van der Waals surface area contributed by atoms with Gasteiger partial charge in [-0.3, -0.25) is 9.59 Å². The maximum Gasteiger partial charge on any atom is 0.329 e. The molecule has 0 radical (unpaired) electrons. The molecule has 3 amide bonds. The fourth-order valence-electron chi connectivity index (χ4n) is 2.00. The van der Waals surface area contributed by atoms with E-state index in [1.54, 1.807) is 24.3 Å². The molecule has 9 heteroatoms. The summed E-state index contributed by atoms with van der Waals surface area (Å²) in [6, 6.07) is 4.59. The Hall–Kier alpha value is -2.55. The van der Waals surface area contributed by atoms with Gasteiger partial charge in [-0.2, -0.15) is 11.8 Å². The number of primary amides is 1. The van der Waals surface area contributed by atoms with Crippen LogP contribution in [0.15, 0.2) is 24.3 Å². The van der Waals surface area contributed by atoms with Gasteiger partial charge in [0.1, 0.15) is 6.04 Å². The molecule has 0 spiro atoms. The molecule has 0 aromatic heterocycles. The van der Waals surface area contributed by atoms with Gasteiger partial charge < -0.3 is 21.1 Å². The van der Waals surface area contributed by atoms with Gasteiger partial charge in [0.15, 0.2) is 11.9 Å². The monoisotopic (exact) mass is 381 g/mol. The zero-order valence-electron chi connectivity index (χ0n) is 14.9. The number of urea groups is 1. The van der Waals surface area contributed by atoms with Gasteiger partial charge >= 0.3 is 12.0 Å². The Balaban J connectivity index is 2.64. The minimum Gasteiger partial charge on any atom is -0.451 e. The van der Waals surface area contributed by atoms with Crippen LogP contribution in [0.2, 0.25) is 0 Å². The molecule has 0 bridgehead atoms. The highest BCUT2D eigenvalue weighted by molar-refractivity contribution is 7.98. The summed E-state index contributed by atoms with van der Waals surface area (Å²) >= 11 is 1.50. The Kier molecular flexibility index (Phi) is 8.63. The minimum absolute atomic E-state index is 0.0802. The molecular formula is C17H23N3O5S. The first-order valence-corrected chi connectivity index (χ1v) is 9.31. The van der Waals surface area contributed by atoms with E-state index in [0.29, 0.717) is 23.4 Å². The van der Waals surface area contributed by atoms with Crippen molar-refractivity contribution >= 4 is 41.1 Å². The summed E-state index contributed by atoms with van der Waals surface area (Å²) in [5.74, 6) is -0.726. The quantitative estimate of drug-likeness (QED) is 0.440. The second-order valence-electron chi connectivity index (χ2n) is 5.54. The number of nitrogens with two attached hydrogens (primary N) is 1. The largest absolute Gasteiger partial charge is 0.451 e. The Morgan fingerprint density at radius 2 is 1.81 bits per heavy atom. The average Bonchev–Trinajstić information content (AvgIpc) is 2.58. The fraction of sp³-hybridized carbons (Fsp3) is 0.412. The van der Waals surface area contributed by atoms with Crippen LogP contribution in [-0.2, 0) is 14.3 Å². The molecule has 1 aromatic carbocycles. The lowest BCUT2D eigenvalue weighted by atomic mass is 10.1. The summed E-state index contributed by atoms with van der Waals surface area (Å²) in [4.78, 5) is 46.6. The van der Waals surface area contributed by atoms with Gasteiger partial charge in [0.2, 0.25) is 0 Å². The van der Waals surface area contributed by atoms with Crippen molar-refractivity contribution in [3.8, 4) is 0 Å². The van der Waals surface area contributed by atoms with E-state index in [1.807, 2.05) is 6.26 Å². The summed E-state index contributed by atoms with van der Waals surface area (Å²) in [5.41, 5.74) is 6.06. The van der Waals surface area contributed by atoms with E-state index in [9.17, 15) is 19.2 Å². The molecule has 0 fully saturated rings. The van der Waals surface area contributed by atoms with E-state index in [2.05, 4.69) is 10.6 Å². The number of esters is 1. The smallest absolute Gasteiger partial charge is 0.329 e. The normalized spacial score (nSPS) is 12.6. The second-order valence-corrected chi connectivity index (χ2v) is 6.53. The fourth-order valence-corrected chi connectivity index (χ4v) is 2.47. The van der Waals surface area contributed by atoms with E-state index >= 15 is 0 Å². The predicted octanol–water partition coefficient (Wildman–Crippen LogP) is 1.55. The van der Waals surface area contributed by atoms with Gasteiger partial charge in [0.05, 0.1) is 0 Å². The lowest BCUT2D eigenvalue weighted by Gasteiger charge is -2.19. The summed E-state index contributed by atoms with van der Waals surface area (Å²) in [5, 5.41) is 4.91. The first-order chi connectivity index (χ1) is 12.2. The zero-order valence-corrected chi connectivity index (χ0v) is 15.7. The number of thioether (sulfide) groups is 1. The topological polar surface area (TPSA) is 128 Å². The van der Waals surface area contributed by atoms with Crippen molar-refractivity contribution in [1.82, 2.24) is 5.32 Å². The van der Waals surface area contributed by atoms with E-state index in [-0.39, 0.29) is 5.78 Å². The van der Waals surface area contributed by atoms with E-state index < -0.39 is 30.1 Å². The first-order valence-electron chi connectivity index (χ1n) is 7.91. The number of Topliss-reactive ketones (excluding diaryl/α,β-unsaturated/α-hetero) is 1. The minimum atomic E-state index is -1.07. The highest BCUT2D eigenvalue weighted by Gasteiger charge is 2.25. The van der Waals surface area contributed by atoms with Crippen LogP contribution < -0.4 is 16.4 Å². The van der Waals surface area contributed by atoms with Crippen LogP contribution in [0.4, 0.5) is 10.5 Å². The van der Waals surface area contributed by atoms with Crippen LogP contribution in [0.1, 0.15) is 30.6 Å². The van der Waals surface area contributed by atoms with Crippen molar-refractivity contribution in [2.45, 2.75) is 32.4 Å². The molecule has 1 rings (SSSR count). The van der Waals surface area contributed by atoms with Crippen molar-refractivity contribution in [2.24, 2.45) is 5.73 Å². The average molecular weight is 381 g/mol. The van der Waals surface area contributed by atoms with Crippen molar-refractivity contribution in [1.29, 1.82) is 0 Å². The van der Waals surface area contributed by atoms with Gasteiger partial charge in [-0.15, -0.1) is 0 Å². The SMILES string of the molecule is CSCC[C@@H](NC(N)=O)C(=O)O[C@H](C)C(=O)Nc1ccc(C(C)=O)cc1. The van der Waals surface area contributed by atoms with Gasteiger partial charge in [0.25, 0.3) is 5.91 Å². The summed E-state index contributed by atoms with van der Waals surface area (Å²) in [6.07, 6.45) is 1.13. The zero-order chi connectivity index (χ0) is 19.7. The Morgan fingerprint density at radius 1 is 1.19 bits per heavy atom. The van der Waals surface area contributed by atoms with E-state index in [1.165, 1.54) is 25.6 Å². The van der Waals surface area contributed by atoms with Crippen LogP contribution in [0, 0.1) is 0 Å². The molecule has 0 aliphatic carbocycles. The van der Waals surface area contributed by atoms with Crippen LogP contribution in [0.5, 0.6) is 0 Å². The number of ketones is 1. The summed E-state index contributed by atoms with van der Waals surface area (Å²) in [7, 11) is 0. The number of amides is 3. The molecule has 0 heterocycles. The van der Waals surface area contributed by atoms with Gasteiger partial charge in [-0.25, -0.2) is 9.59 Å². The van der Waals surface area contributed by atoms with E-state index in [0.717, 1.165) is 0 Å². The van der Waals surface area contributed by atoms with Crippen LogP contribution in [0.25, 0.3) is 0 Å². The number of rotatable bonds is 9. The van der Waals surface area contributed by atoms with Crippen molar-refractivity contribution in [2.75, 3.05) is 17.3 Å². The number of carbonyl (C=O) groups excluding carboxylic acids is 4. The molecule has 26 heavy (non-hydrogen) atoms. The number of benzene rings is 1. The van der Waals surface area contributed by atoms with Gasteiger partial charge in [-0.05, 0) is 56.5 Å². The van der Waals surface area contributed by atoms with Crippen molar-refractivity contribution < 1.29 is 23.9 Å². The summed E-state index contributed by atoms with van der Waals surface area (Å²) in [6.45, 7) is 2.87. The molecule has 142 valence electrons. The second kappa shape index (κ2) is 10.4. The Bertz CT molecular complexity index is 663. The lowest BCUT2D eigenvalue weighted by Crippen LogP contribution is -2.46. The molecule has 0 aliphatic rings. The third kappa shape index (κ3) is 7.14. The van der Waals surface area contributed by atoms with E-state index in [4.69, 9.17) is 10.5 Å². The lowest BCUT2D eigenvalue weighted by molar-refractivity contribution is -0.155. The maximum absolute atomic E-state index is 12.2. The number of hydrogen-bond acceptors (Lipinski definition) is 6. The van der Waals surface area contributed by atoms with Crippen LogP contribution in [0.3, 0.4) is 0 Å². The van der Waals surface area contributed by atoms with Gasteiger partial charge in [-0.1, -0.05) is 0 Å². The number of hydrogen-bond donors (Lipinski definition) is 3. The standard InChI is InChI=1S/C17H23N3O5S/c1-10(21)12-4-6-13(7-5-12)19-15(22)11(2)25-16(23)14(8-9-26-3)20-17(18)24/h4-7,11,14H,8-9H2,1-3H3,(H,19,22)(H3,18,20,24)/t11-,14-/m1/s1. The molecule has 0 unspecified atom stereocenters. The number of carbonyl (C=O) groups is 4. The number of ether oxygens (including phenoxy) is 1. The molecule has 0 aliphatic heterocycles. The Morgan fingerprint density at radius 3 is 2.31 bits per heavy atom. The van der Waals surface area contributed by atoms with Crippen LogP contribution >= 0.6 is 11.8 Å². The van der Waals surface area contributed by atoms with Gasteiger partial charge in [0, 0.05) is 11.3 Å². The molecule has 2 atom stereocenters.